The normalized spacial score (nSPS) is 20.4. The predicted molar refractivity (Wildman–Crippen MR) is 95.7 cm³/mol. The largest absolute Gasteiger partial charge is 0.495 e. The van der Waals surface area contributed by atoms with Crippen LogP contribution in [-0.4, -0.2) is 29.2 Å². The number of nitrogens with two attached hydrogens (primary N) is 1. The first-order valence-electron chi connectivity index (χ1n) is 7.39. The molecule has 8 heteroatoms. The first-order valence-corrected chi connectivity index (χ1v) is 8.27. The maximum Gasteiger partial charge on any atom is 0.263 e. The van der Waals surface area contributed by atoms with Gasteiger partial charge in [0.2, 0.25) is 0 Å². The molecule has 1 aliphatic rings. The summed E-state index contributed by atoms with van der Waals surface area (Å²) in [7, 11) is 1.58. The van der Waals surface area contributed by atoms with Gasteiger partial charge in [-0.25, -0.2) is 0 Å². The Morgan fingerprint density at radius 1 is 1.50 bits per heavy atom. The van der Waals surface area contributed by atoms with Crippen LogP contribution in [0.3, 0.4) is 0 Å². The van der Waals surface area contributed by atoms with Crippen molar-refractivity contribution in [1.29, 1.82) is 0 Å². The number of aromatic nitrogens is 1. The molecule has 2 aromatic rings. The minimum absolute atomic E-state index is 0. The standard InChI is InChI=1S/C16H19N3O3S.ClH/c1-22-12-6-10(7-18-8-12)14(9-4-11(20)5-9)19-16(21)15-13(17)2-3-23-15;/h2-3,6-9,11,14,20H,4-5,17H2,1H3,(H,19,21);1H. The zero-order chi connectivity index (χ0) is 16.4. The van der Waals surface area contributed by atoms with Crippen LogP contribution in [0.1, 0.15) is 34.1 Å². The zero-order valence-electron chi connectivity index (χ0n) is 13.1. The van der Waals surface area contributed by atoms with Crippen LogP contribution in [0.4, 0.5) is 5.69 Å². The lowest BCUT2D eigenvalue weighted by molar-refractivity contribution is 0.0235. The number of nitrogens with one attached hydrogen (secondary N) is 1. The molecule has 1 saturated carbocycles. The molecule has 2 heterocycles. The van der Waals surface area contributed by atoms with E-state index in [4.69, 9.17) is 10.5 Å². The number of pyridine rings is 1. The van der Waals surface area contributed by atoms with E-state index in [2.05, 4.69) is 10.3 Å². The molecule has 0 aromatic carbocycles. The molecule has 0 spiro atoms. The van der Waals surface area contributed by atoms with Gasteiger partial charge in [-0.05, 0) is 41.8 Å². The Hall–Kier alpha value is -1.83. The van der Waals surface area contributed by atoms with Crippen LogP contribution in [0.2, 0.25) is 0 Å². The van der Waals surface area contributed by atoms with Crippen molar-refractivity contribution in [2.45, 2.75) is 25.0 Å². The number of aliphatic hydroxyl groups is 1. The van der Waals surface area contributed by atoms with E-state index >= 15 is 0 Å². The lowest BCUT2D eigenvalue weighted by Gasteiger charge is -2.38. The van der Waals surface area contributed by atoms with Crippen LogP contribution < -0.4 is 15.8 Å². The van der Waals surface area contributed by atoms with E-state index in [1.165, 1.54) is 11.3 Å². The number of aliphatic hydroxyl groups excluding tert-OH is 1. The highest BCUT2D eigenvalue weighted by molar-refractivity contribution is 7.12. The fraction of sp³-hybridized carbons (Fsp3) is 0.375. The Kier molecular flexibility index (Phi) is 6.04. The summed E-state index contributed by atoms with van der Waals surface area (Å²) in [6.45, 7) is 0. The van der Waals surface area contributed by atoms with E-state index in [0.29, 0.717) is 29.2 Å². The van der Waals surface area contributed by atoms with Gasteiger partial charge in [-0.15, -0.1) is 23.7 Å². The Morgan fingerprint density at radius 3 is 2.83 bits per heavy atom. The van der Waals surface area contributed by atoms with Gasteiger partial charge in [0.1, 0.15) is 10.6 Å². The van der Waals surface area contributed by atoms with E-state index in [9.17, 15) is 9.90 Å². The third kappa shape index (κ3) is 3.80. The maximum absolute atomic E-state index is 12.5. The molecule has 130 valence electrons. The lowest BCUT2D eigenvalue weighted by Crippen LogP contribution is -2.41. The summed E-state index contributed by atoms with van der Waals surface area (Å²) >= 11 is 1.31. The van der Waals surface area contributed by atoms with Gasteiger partial charge in [0.15, 0.2) is 0 Å². The highest BCUT2D eigenvalue weighted by atomic mass is 35.5. The van der Waals surface area contributed by atoms with Gasteiger partial charge in [-0.3, -0.25) is 9.78 Å². The molecule has 2 aromatic heterocycles. The van der Waals surface area contributed by atoms with Crippen LogP contribution in [0.25, 0.3) is 0 Å². The molecule has 0 aliphatic heterocycles. The number of carbonyl (C=O) groups is 1. The second kappa shape index (κ2) is 7.83. The molecular weight excluding hydrogens is 350 g/mol. The van der Waals surface area contributed by atoms with Crippen molar-refractivity contribution in [3.05, 3.63) is 40.3 Å². The van der Waals surface area contributed by atoms with E-state index < -0.39 is 0 Å². The lowest BCUT2D eigenvalue weighted by atomic mass is 9.75. The van der Waals surface area contributed by atoms with Gasteiger partial charge < -0.3 is 20.9 Å². The predicted octanol–water partition coefficient (Wildman–Crippen LogP) is 2.40. The molecule has 0 bridgehead atoms. The summed E-state index contributed by atoms with van der Waals surface area (Å²) in [5.41, 5.74) is 7.16. The number of rotatable bonds is 5. The Morgan fingerprint density at radius 2 is 2.25 bits per heavy atom. The summed E-state index contributed by atoms with van der Waals surface area (Å²) in [6, 6.07) is 3.35. The Bertz CT molecular complexity index is 703. The van der Waals surface area contributed by atoms with Gasteiger partial charge in [0.25, 0.3) is 5.91 Å². The Labute approximate surface area is 150 Å². The molecule has 4 N–H and O–H groups in total. The van der Waals surface area contributed by atoms with Crippen LogP contribution in [0.15, 0.2) is 29.9 Å². The number of methoxy groups -OCH3 is 1. The van der Waals surface area contributed by atoms with Crippen molar-refractivity contribution >= 4 is 35.3 Å². The average molecular weight is 370 g/mol. The quantitative estimate of drug-likeness (QED) is 0.751. The van der Waals surface area contributed by atoms with Gasteiger partial charge in [-0.1, -0.05) is 0 Å². The Balaban J connectivity index is 0.00000208. The number of thiophene rings is 1. The van der Waals surface area contributed by atoms with Gasteiger partial charge in [0, 0.05) is 6.20 Å². The van der Waals surface area contributed by atoms with Crippen LogP contribution >= 0.6 is 23.7 Å². The molecule has 6 nitrogen and oxygen atoms in total. The van der Waals surface area contributed by atoms with E-state index in [1.807, 2.05) is 6.07 Å². The first-order chi connectivity index (χ1) is 11.1. The minimum atomic E-state index is -0.301. The minimum Gasteiger partial charge on any atom is -0.495 e. The summed E-state index contributed by atoms with van der Waals surface area (Å²) < 4.78 is 5.21. The number of halogens is 1. The third-order valence-electron chi connectivity index (χ3n) is 4.14. The number of ether oxygens (including phenoxy) is 1. The van der Waals surface area contributed by atoms with Gasteiger partial charge >= 0.3 is 0 Å². The molecule has 1 atom stereocenters. The van der Waals surface area contributed by atoms with Crippen molar-refractivity contribution in [1.82, 2.24) is 10.3 Å². The number of nitrogen functional groups attached to an aromatic ring is 1. The van der Waals surface area contributed by atoms with E-state index in [1.54, 1.807) is 30.9 Å². The molecule has 1 amide bonds. The van der Waals surface area contributed by atoms with Crippen molar-refractivity contribution in [3.63, 3.8) is 0 Å². The fourth-order valence-electron chi connectivity index (χ4n) is 2.80. The van der Waals surface area contributed by atoms with Crippen molar-refractivity contribution < 1.29 is 14.6 Å². The second-order valence-electron chi connectivity index (χ2n) is 5.70. The highest BCUT2D eigenvalue weighted by Crippen LogP contribution is 2.39. The van der Waals surface area contributed by atoms with Crippen LogP contribution in [0.5, 0.6) is 5.75 Å². The zero-order valence-corrected chi connectivity index (χ0v) is 14.8. The molecule has 0 saturated heterocycles. The topological polar surface area (TPSA) is 97.5 Å². The third-order valence-corrected chi connectivity index (χ3v) is 5.07. The number of hydrogen-bond donors (Lipinski definition) is 3. The number of hydrogen-bond acceptors (Lipinski definition) is 6. The maximum atomic E-state index is 12.5. The van der Waals surface area contributed by atoms with Crippen molar-refractivity contribution in [2.75, 3.05) is 12.8 Å². The van der Waals surface area contributed by atoms with Crippen molar-refractivity contribution in [2.24, 2.45) is 5.92 Å². The van der Waals surface area contributed by atoms with Gasteiger partial charge in [-0.2, -0.15) is 0 Å². The van der Waals surface area contributed by atoms with Crippen LogP contribution in [-0.2, 0) is 0 Å². The fourth-order valence-corrected chi connectivity index (χ4v) is 3.52. The highest BCUT2D eigenvalue weighted by Gasteiger charge is 2.36. The molecule has 1 fully saturated rings. The number of amides is 1. The molecule has 0 radical (unpaired) electrons. The monoisotopic (exact) mass is 369 g/mol. The van der Waals surface area contributed by atoms with Crippen LogP contribution in [0, 0.1) is 5.92 Å². The SMILES string of the molecule is COc1cncc(C(NC(=O)c2sccc2N)C2CC(O)C2)c1.Cl. The summed E-state index contributed by atoms with van der Waals surface area (Å²) in [4.78, 5) is 17.2. The number of nitrogens with zero attached hydrogens (tertiary/aromatic N) is 1. The summed E-state index contributed by atoms with van der Waals surface area (Å²) in [5.74, 6) is 0.605. The first kappa shape index (κ1) is 18.5. The summed E-state index contributed by atoms with van der Waals surface area (Å²) in [6.07, 6.45) is 4.35. The van der Waals surface area contributed by atoms with E-state index in [0.717, 1.165) is 5.56 Å². The number of anilines is 1. The smallest absolute Gasteiger partial charge is 0.263 e. The molecule has 1 aliphatic carbocycles. The second-order valence-corrected chi connectivity index (χ2v) is 6.62. The average Bonchev–Trinajstić information content (AvgIpc) is 2.96. The molecule has 1 unspecified atom stereocenters. The molecular formula is C16H20ClN3O3S. The molecule has 3 rings (SSSR count). The summed E-state index contributed by atoms with van der Waals surface area (Å²) in [5, 5.41) is 14.4. The van der Waals surface area contributed by atoms with Gasteiger partial charge in [0.05, 0.1) is 31.1 Å². The molecule has 24 heavy (non-hydrogen) atoms. The van der Waals surface area contributed by atoms with Crippen molar-refractivity contribution in [3.8, 4) is 5.75 Å². The van der Waals surface area contributed by atoms with E-state index in [-0.39, 0.29) is 36.4 Å². The number of carbonyl (C=O) groups excluding carboxylic acids is 1.